The first-order chi connectivity index (χ1) is 9.83. The predicted molar refractivity (Wildman–Crippen MR) is 78.7 cm³/mol. The van der Waals surface area contributed by atoms with Crippen molar-refractivity contribution in [1.82, 2.24) is 9.29 Å². The lowest BCUT2D eigenvalue weighted by Crippen LogP contribution is -2.34. The summed E-state index contributed by atoms with van der Waals surface area (Å²) >= 11 is 1.43. The summed E-state index contributed by atoms with van der Waals surface area (Å²) < 4.78 is 27.3. The van der Waals surface area contributed by atoms with Crippen LogP contribution in [0.4, 0.5) is 0 Å². The zero-order chi connectivity index (χ0) is 15.3. The van der Waals surface area contributed by atoms with Crippen LogP contribution in [0.1, 0.15) is 13.3 Å². The first kappa shape index (κ1) is 14.4. The Kier molecular flexibility index (Phi) is 3.27. The van der Waals surface area contributed by atoms with Gasteiger partial charge in [-0.3, -0.25) is 9.78 Å². The van der Waals surface area contributed by atoms with Crippen molar-refractivity contribution in [3.8, 4) is 0 Å². The molecule has 0 aliphatic carbocycles. The van der Waals surface area contributed by atoms with Crippen LogP contribution in [0.15, 0.2) is 28.6 Å². The molecule has 112 valence electrons. The highest BCUT2D eigenvalue weighted by molar-refractivity contribution is 7.89. The summed E-state index contributed by atoms with van der Waals surface area (Å²) in [5, 5.41) is 11.1. The second kappa shape index (κ2) is 4.75. The number of hydrogen-bond acceptors (Lipinski definition) is 5. The molecule has 3 heterocycles. The van der Waals surface area contributed by atoms with Gasteiger partial charge >= 0.3 is 5.97 Å². The molecule has 2 aromatic rings. The number of sulfonamides is 1. The summed E-state index contributed by atoms with van der Waals surface area (Å²) in [5.74, 6) is -0.966. The third-order valence-corrected chi connectivity index (χ3v) is 6.53. The fraction of sp³-hybridized carbons (Fsp3) is 0.385. The standard InChI is InChI=1S/C13H14N2O4S2/c1-13(12(16)17)3-4-15(8-13)21(18,19)9-6-11-10(14-7-9)2-5-20-11/h2,5-7H,3-4,8H2,1H3,(H,16,17). The number of carboxylic acid groups (broad SMARTS) is 1. The van der Waals surface area contributed by atoms with Crippen molar-refractivity contribution in [2.45, 2.75) is 18.2 Å². The van der Waals surface area contributed by atoms with Gasteiger partial charge in [0.25, 0.3) is 0 Å². The lowest BCUT2D eigenvalue weighted by molar-refractivity contribution is -0.146. The SMILES string of the molecule is CC1(C(=O)O)CCN(S(=O)(=O)c2cnc3ccsc3c2)C1. The number of thiophene rings is 1. The van der Waals surface area contributed by atoms with E-state index in [9.17, 15) is 18.3 Å². The smallest absolute Gasteiger partial charge is 0.310 e. The van der Waals surface area contributed by atoms with E-state index in [0.29, 0.717) is 6.42 Å². The maximum Gasteiger partial charge on any atom is 0.310 e. The number of pyridine rings is 1. The van der Waals surface area contributed by atoms with Crippen LogP contribution in [0.25, 0.3) is 10.2 Å². The van der Waals surface area contributed by atoms with Crippen molar-refractivity contribution in [1.29, 1.82) is 0 Å². The predicted octanol–water partition coefficient (Wildman–Crippen LogP) is 1.78. The van der Waals surface area contributed by atoms with Crippen molar-refractivity contribution in [3.05, 3.63) is 23.7 Å². The summed E-state index contributed by atoms with van der Waals surface area (Å²) in [7, 11) is -3.70. The van der Waals surface area contributed by atoms with Crippen LogP contribution in [-0.4, -0.2) is 41.9 Å². The Morgan fingerprint density at radius 1 is 1.52 bits per heavy atom. The van der Waals surface area contributed by atoms with Crippen LogP contribution in [0.5, 0.6) is 0 Å². The zero-order valence-corrected chi connectivity index (χ0v) is 12.9. The van der Waals surface area contributed by atoms with Gasteiger partial charge in [-0.2, -0.15) is 4.31 Å². The van der Waals surface area contributed by atoms with Crippen LogP contribution in [0.2, 0.25) is 0 Å². The molecule has 21 heavy (non-hydrogen) atoms. The Hall–Kier alpha value is -1.51. The number of rotatable bonds is 3. The van der Waals surface area contributed by atoms with Gasteiger partial charge in [-0.05, 0) is 30.9 Å². The molecule has 0 bridgehead atoms. The van der Waals surface area contributed by atoms with Gasteiger partial charge in [0.15, 0.2) is 0 Å². The van der Waals surface area contributed by atoms with E-state index in [1.54, 1.807) is 13.0 Å². The van der Waals surface area contributed by atoms with Gasteiger partial charge in [-0.15, -0.1) is 11.3 Å². The van der Waals surface area contributed by atoms with E-state index in [4.69, 9.17) is 0 Å². The van der Waals surface area contributed by atoms with Crippen LogP contribution < -0.4 is 0 Å². The molecule has 0 saturated carbocycles. The molecule has 1 unspecified atom stereocenters. The summed E-state index contributed by atoms with van der Waals surface area (Å²) in [6.07, 6.45) is 1.65. The third-order valence-electron chi connectivity index (χ3n) is 3.87. The molecule has 3 rings (SSSR count). The molecule has 0 aromatic carbocycles. The topological polar surface area (TPSA) is 87.6 Å². The van der Waals surface area contributed by atoms with Gasteiger partial charge in [0, 0.05) is 19.3 Å². The highest BCUT2D eigenvalue weighted by atomic mass is 32.2. The third kappa shape index (κ3) is 2.33. The lowest BCUT2D eigenvalue weighted by atomic mass is 9.90. The van der Waals surface area contributed by atoms with Gasteiger partial charge in [0.1, 0.15) is 4.90 Å². The number of nitrogens with zero attached hydrogens (tertiary/aromatic N) is 2. The lowest BCUT2D eigenvalue weighted by Gasteiger charge is -2.19. The Morgan fingerprint density at radius 2 is 2.29 bits per heavy atom. The largest absolute Gasteiger partial charge is 0.481 e. The van der Waals surface area contributed by atoms with Crippen LogP contribution in [0, 0.1) is 5.41 Å². The molecule has 1 aliphatic rings. The minimum absolute atomic E-state index is 0.00680. The molecule has 1 saturated heterocycles. The van der Waals surface area contributed by atoms with Gasteiger partial charge in [-0.1, -0.05) is 0 Å². The Labute approximate surface area is 126 Å². The van der Waals surface area contributed by atoms with E-state index in [2.05, 4.69) is 4.98 Å². The number of carboxylic acids is 1. The number of fused-ring (bicyclic) bond motifs is 1. The number of carbonyl (C=O) groups is 1. The minimum Gasteiger partial charge on any atom is -0.481 e. The summed E-state index contributed by atoms with van der Waals surface area (Å²) in [4.78, 5) is 15.5. The zero-order valence-electron chi connectivity index (χ0n) is 11.3. The van der Waals surface area contributed by atoms with Crippen LogP contribution in [0.3, 0.4) is 0 Å². The molecule has 1 aliphatic heterocycles. The fourth-order valence-electron chi connectivity index (χ4n) is 2.42. The fourth-order valence-corrected chi connectivity index (χ4v) is 4.81. The molecular formula is C13H14N2O4S2. The highest BCUT2D eigenvalue weighted by Gasteiger charge is 2.45. The Morgan fingerprint density at radius 3 is 2.95 bits per heavy atom. The second-order valence-electron chi connectivity index (χ2n) is 5.43. The normalized spacial score (nSPS) is 23.7. The van der Waals surface area contributed by atoms with Crippen molar-refractivity contribution in [2.75, 3.05) is 13.1 Å². The second-order valence-corrected chi connectivity index (χ2v) is 8.32. The van der Waals surface area contributed by atoms with E-state index >= 15 is 0 Å². The van der Waals surface area contributed by atoms with E-state index in [-0.39, 0.29) is 18.0 Å². The highest BCUT2D eigenvalue weighted by Crippen LogP contribution is 2.34. The maximum absolute atomic E-state index is 12.6. The molecular weight excluding hydrogens is 312 g/mol. The van der Waals surface area contributed by atoms with Gasteiger partial charge < -0.3 is 5.11 Å². The number of aliphatic carboxylic acids is 1. The number of aromatic nitrogens is 1. The summed E-state index contributed by atoms with van der Waals surface area (Å²) in [5.41, 5.74) is -0.260. The van der Waals surface area contributed by atoms with Gasteiger partial charge in [0.05, 0.1) is 15.6 Å². The van der Waals surface area contributed by atoms with Crippen LogP contribution in [-0.2, 0) is 14.8 Å². The molecule has 0 spiro atoms. The summed E-state index contributed by atoms with van der Waals surface area (Å²) in [6.45, 7) is 1.78. The average molecular weight is 326 g/mol. The molecule has 8 heteroatoms. The Bertz CT molecular complexity index is 814. The maximum atomic E-state index is 12.6. The molecule has 1 fully saturated rings. The molecule has 1 atom stereocenters. The molecule has 6 nitrogen and oxygen atoms in total. The van der Waals surface area contributed by atoms with Crippen molar-refractivity contribution in [2.24, 2.45) is 5.41 Å². The molecule has 1 N–H and O–H groups in total. The van der Waals surface area contributed by atoms with Crippen molar-refractivity contribution < 1.29 is 18.3 Å². The van der Waals surface area contributed by atoms with E-state index in [0.717, 1.165) is 10.2 Å². The monoisotopic (exact) mass is 326 g/mol. The molecule has 2 aromatic heterocycles. The molecule has 0 radical (unpaired) electrons. The summed E-state index contributed by atoms with van der Waals surface area (Å²) in [6, 6.07) is 3.42. The minimum atomic E-state index is -3.70. The Balaban J connectivity index is 1.95. The number of hydrogen-bond donors (Lipinski definition) is 1. The van der Waals surface area contributed by atoms with Crippen LogP contribution >= 0.6 is 11.3 Å². The first-order valence-corrected chi connectivity index (χ1v) is 8.72. The quantitative estimate of drug-likeness (QED) is 0.929. The van der Waals surface area contributed by atoms with Crippen molar-refractivity contribution >= 4 is 37.5 Å². The van der Waals surface area contributed by atoms with E-state index < -0.39 is 21.4 Å². The van der Waals surface area contributed by atoms with E-state index in [1.165, 1.54) is 21.8 Å². The van der Waals surface area contributed by atoms with E-state index in [1.807, 2.05) is 11.4 Å². The molecule has 0 amide bonds. The van der Waals surface area contributed by atoms with Crippen molar-refractivity contribution in [3.63, 3.8) is 0 Å². The van der Waals surface area contributed by atoms with Gasteiger partial charge in [-0.25, -0.2) is 8.42 Å². The van der Waals surface area contributed by atoms with Gasteiger partial charge in [0.2, 0.25) is 10.0 Å². The first-order valence-electron chi connectivity index (χ1n) is 6.40. The average Bonchev–Trinajstić information content (AvgIpc) is 3.05.